The Morgan fingerprint density at radius 2 is 1.79 bits per heavy atom. The average molecular weight is 608 g/mol. The molecule has 0 spiro atoms. The lowest BCUT2D eigenvalue weighted by Gasteiger charge is -2.32. The van der Waals surface area contributed by atoms with Crippen LogP contribution in [0.5, 0.6) is 11.5 Å². The topological polar surface area (TPSA) is 150 Å². The van der Waals surface area contributed by atoms with Crippen LogP contribution in [0.2, 0.25) is 0 Å². The molecule has 0 aromatic heterocycles. The summed E-state index contributed by atoms with van der Waals surface area (Å²) >= 11 is 0. The molecule has 4 atom stereocenters. The highest BCUT2D eigenvalue weighted by molar-refractivity contribution is 5.83. The van der Waals surface area contributed by atoms with Crippen molar-refractivity contribution in [2.75, 3.05) is 40.7 Å². The van der Waals surface area contributed by atoms with Crippen molar-refractivity contribution in [1.29, 1.82) is 0 Å². The van der Waals surface area contributed by atoms with Crippen LogP contribution >= 0.6 is 0 Å². The third-order valence-electron chi connectivity index (χ3n) is 8.47. The van der Waals surface area contributed by atoms with Gasteiger partial charge in [0, 0.05) is 32.6 Å². The van der Waals surface area contributed by atoms with E-state index in [0.717, 1.165) is 12.0 Å². The first-order valence-electron chi connectivity index (χ1n) is 15.2. The molecule has 1 saturated heterocycles. The molecule has 244 valence electrons. The van der Waals surface area contributed by atoms with Crippen LogP contribution < -0.4 is 20.5 Å². The van der Waals surface area contributed by atoms with Gasteiger partial charge < -0.3 is 35.1 Å². The number of primary amides is 1. The number of rotatable bonds is 18. The Morgan fingerprint density at radius 3 is 2.35 bits per heavy atom. The van der Waals surface area contributed by atoms with Gasteiger partial charge in [0.1, 0.15) is 6.73 Å². The smallest absolute Gasteiger partial charge is 0.409 e. The van der Waals surface area contributed by atoms with Crippen molar-refractivity contribution < 1.29 is 38.4 Å². The molecule has 11 nitrogen and oxygen atoms in total. The van der Waals surface area contributed by atoms with Crippen molar-refractivity contribution in [3.05, 3.63) is 23.8 Å². The fraction of sp³-hybridized carbons (Fsp3) is 0.719. The summed E-state index contributed by atoms with van der Waals surface area (Å²) in [6, 6.07) is 5.49. The zero-order valence-electron chi connectivity index (χ0n) is 27.2. The zero-order chi connectivity index (χ0) is 32.3. The van der Waals surface area contributed by atoms with E-state index < -0.39 is 35.5 Å². The SMILES string of the molecule is COCCCOc1cc(C[C@@H](C[C@H]2[C@H](CC(C(=O)NCC(C)(C)C(N)=O)C(C)C)OCN2C(=O)O)C(C)C)ccc1OC. The van der Waals surface area contributed by atoms with Crippen molar-refractivity contribution in [1.82, 2.24) is 10.2 Å². The van der Waals surface area contributed by atoms with Gasteiger partial charge in [0.25, 0.3) is 0 Å². The second kappa shape index (κ2) is 16.7. The highest BCUT2D eigenvalue weighted by Crippen LogP contribution is 2.35. The fourth-order valence-corrected chi connectivity index (χ4v) is 5.29. The number of nitrogens with one attached hydrogen (secondary N) is 1. The maximum atomic E-state index is 13.3. The quantitative estimate of drug-likeness (QED) is 0.209. The number of hydrogen-bond acceptors (Lipinski definition) is 7. The number of methoxy groups -OCH3 is 2. The van der Waals surface area contributed by atoms with Gasteiger partial charge in [-0.05, 0) is 68.6 Å². The van der Waals surface area contributed by atoms with Crippen LogP contribution in [0, 0.1) is 29.1 Å². The highest BCUT2D eigenvalue weighted by Gasteiger charge is 2.42. The summed E-state index contributed by atoms with van der Waals surface area (Å²) in [5.41, 5.74) is 5.66. The Labute approximate surface area is 256 Å². The standard InChI is InChI=1S/C32H53N3O8/c1-20(2)23(14-22-10-11-26(41-8)28(15-22)42-13-9-12-40-7)16-25-27(43-19-35(25)31(38)39)17-24(21(3)4)29(36)34-18-32(5,6)30(33)37/h10-11,15,20-21,23-25,27H,9,12-14,16-19H2,1-8H3,(H2,33,37)(H,34,36)(H,38,39)/t23-,24?,25-,27-/m0/s1. The van der Waals surface area contributed by atoms with Gasteiger partial charge in [0.2, 0.25) is 11.8 Å². The van der Waals surface area contributed by atoms with Crippen LogP contribution in [0.1, 0.15) is 66.4 Å². The Morgan fingerprint density at radius 1 is 1.09 bits per heavy atom. The van der Waals surface area contributed by atoms with Crippen LogP contribution in [0.4, 0.5) is 4.79 Å². The minimum Gasteiger partial charge on any atom is -0.493 e. The minimum absolute atomic E-state index is 0.0256. The summed E-state index contributed by atoms with van der Waals surface area (Å²) < 4.78 is 22.6. The van der Waals surface area contributed by atoms with Gasteiger partial charge in [0.05, 0.1) is 31.3 Å². The van der Waals surface area contributed by atoms with Crippen LogP contribution in [0.3, 0.4) is 0 Å². The van der Waals surface area contributed by atoms with Gasteiger partial charge in [-0.15, -0.1) is 0 Å². The molecule has 1 aromatic carbocycles. The number of carbonyl (C=O) groups is 3. The molecule has 4 N–H and O–H groups in total. The number of benzene rings is 1. The molecule has 0 bridgehead atoms. The van der Waals surface area contributed by atoms with Gasteiger partial charge >= 0.3 is 6.09 Å². The van der Waals surface area contributed by atoms with Gasteiger partial charge in [0.15, 0.2) is 11.5 Å². The molecule has 0 saturated carbocycles. The summed E-state index contributed by atoms with van der Waals surface area (Å²) in [6.07, 6.45) is 0.914. The first-order valence-corrected chi connectivity index (χ1v) is 15.2. The van der Waals surface area contributed by atoms with Crippen molar-refractivity contribution in [3.63, 3.8) is 0 Å². The van der Waals surface area contributed by atoms with Crippen molar-refractivity contribution in [2.24, 2.45) is 34.8 Å². The lowest BCUT2D eigenvalue weighted by atomic mass is 9.80. The minimum atomic E-state index is -1.04. The van der Waals surface area contributed by atoms with Gasteiger partial charge in [-0.25, -0.2) is 4.79 Å². The maximum absolute atomic E-state index is 13.3. The third kappa shape index (κ3) is 10.6. The predicted octanol–water partition coefficient (Wildman–Crippen LogP) is 4.31. The lowest BCUT2D eigenvalue weighted by molar-refractivity contribution is -0.130. The molecule has 1 heterocycles. The van der Waals surface area contributed by atoms with Crippen molar-refractivity contribution in [2.45, 2.75) is 79.4 Å². The molecule has 0 radical (unpaired) electrons. The van der Waals surface area contributed by atoms with Gasteiger partial charge in [-0.3, -0.25) is 14.5 Å². The maximum Gasteiger partial charge on any atom is 0.409 e. The van der Waals surface area contributed by atoms with Crippen LogP contribution in [0.15, 0.2) is 18.2 Å². The summed E-state index contributed by atoms with van der Waals surface area (Å²) in [6.45, 7) is 12.7. The van der Waals surface area contributed by atoms with E-state index in [1.165, 1.54) is 4.90 Å². The molecule has 2 rings (SSSR count). The number of ether oxygens (including phenoxy) is 4. The number of carboxylic acid groups (broad SMARTS) is 1. The Kier molecular flexibility index (Phi) is 14.0. The molecule has 1 unspecified atom stereocenters. The van der Waals surface area contributed by atoms with Crippen LogP contribution in [0.25, 0.3) is 0 Å². The highest BCUT2D eigenvalue weighted by atomic mass is 16.5. The molecule has 1 aromatic rings. The molecule has 1 aliphatic heterocycles. The molecular weight excluding hydrogens is 554 g/mol. The summed E-state index contributed by atoms with van der Waals surface area (Å²) in [5, 5.41) is 12.9. The number of nitrogens with two attached hydrogens (primary N) is 1. The molecular formula is C32H53N3O8. The summed E-state index contributed by atoms with van der Waals surface area (Å²) in [7, 11) is 3.27. The van der Waals surface area contributed by atoms with Gasteiger partial charge in [-0.1, -0.05) is 33.8 Å². The van der Waals surface area contributed by atoms with Gasteiger partial charge in [-0.2, -0.15) is 0 Å². The van der Waals surface area contributed by atoms with Crippen molar-refractivity contribution in [3.8, 4) is 11.5 Å². The van der Waals surface area contributed by atoms with E-state index >= 15 is 0 Å². The zero-order valence-corrected chi connectivity index (χ0v) is 27.2. The number of carbonyl (C=O) groups excluding carboxylic acids is 2. The Bertz CT molecular complexity index is 1060. The van der Waals surface area contributed by atoms with E-state index in [0.29, 0.717) is 44.0 Å². The average Bonchev–Trinajstić information content (AvgIpc) is 3.34. The van der Waals surface area contributed by atoms with E-state index in [2.05, 4.69) is 19.2 Å². The van der Waals surface area contributed by atoms with E-state index in [4.69, 9.17) is 24.7 Å². The molecule has 3 amide bonds. The fourth-order valence-electron chi connectivity index (χ4n) is 5.29. The number of amides is 3. The third-order valence-corrected chi connectivity index (χ3v) is 8.47. The van der Waals surface area contributed by atoms with E-state index in [9.17, 15) is 19.5 Å². The van der Waals surface area contributed by atoms with Crippen molar-refractivity contribution >= 4 is 17.9 Å². The Hall–Kier alpha value is -3.05. The summed E-state index contributed by atoms with van der Waals surface area (Å²) in [5.74, 6) is 0.561. The number of nitrogens with zero attached hydrogens (tertiary/aromatic N) is 1. The second-order valence-corrected chi connectivity index (χ2v) is 12.8. The predicted molar refractivity (Wildman–Crippen MR) is 164 cm³/mol. The Balaban J connectivity index is 2.23. The monoisotopic (exact) mass is 607 g/mol. The normalized spacial score (nSPS) is 18.5. The molecule has 0 aliphatic carbocycles. The first-order chi connectivity index (χ1) is 20.2. The molecule has 11 heteroatoms. The first kappa shape index (κ1) is 36.1. The number of hydrogen-bond donors (Lipinski definition) is 3. The lowest BCUT2D eigenvalue weighted by Crippen LogP contribution is -2.46. The van der Waals surface area contributed by atoms with E-state index in [1.807, 2.05) is 32.0 Å². The van der Waals surface area contributed by atoms with E-state index in [-0.39, 0.29) is 36.9 Å². The van der Waals surface area contributed by atoms with Crippen LogP contribution in [-0.2, 0) is 25.5 Å². The molecule has 1 aliphatic rings. The largest absolute Gasteiger partial charge is 0.493 e. The van der Waals surface area contributed by atoms with Crippen LogP contribution in [-0.4, -0.2) is 80.8 Å². The summed E-state index contributed by atoms with van der Waals surface area (Å²) in [4.78, 5) is 38.6. The van der Waals surface area contributed by atoms with E-state index in [1.54, 1.807) is 28.1 Å². The molecule has 1 fully saturated rings. The molecule has 43 heavy (non-hydrogen) atoms. The second-order valence-electron chi connectivity index (χ2n) is 12.8.